The summed E-state index contributed by atoms with van der Waals surface area (Å²) in [5.41, 5.74) is 1.39. The molecule has 1 aliphatic heterocycles. The van der Waals surface area contributed by atoms with Crippen molar-refractivity contribution < 1.29 is 9.53 Å². The zero-order valence-corrected chi connectivity index (χ0v) is 14.6. The Kier molecular flexibility index (Phi) is 4.23. The van der Waals surface area contributed by atoms with Gasteiger partial charge in [0, 0.05) is 24.3 Å². The van der Waals surface area contributed by atoms with Gasteiger partial charge in [0.05, 0.1) is 24.9 Å². The molecule has 0 spiro atoms. The first-order valence-electron chi connectivity index (χ1n) is 8.16. The van der Waals surface area contributed by atoms with Crippen LogP contribution in [-0.2, 0) is 0 Å². The largest absolute Gasteiger partial charge is 0.494 e. The van der Waals surface area contributed by atoms with Crippen LogP contribution in [-0.4, -0.2) is 39.2 Å². The lowest BCUT2D eigenvalue weighted by molar-refractivity contribution is 0.0735. The van der Waals surface area contributed by atoms with Gasteiger partial charge in [0.15, 0.2) is 0 Å². The molecule has 3 heterocycles. The standard InChI is InChI=1S/C18H18N4O2S/c1-24-16-7-3-2-5-14(16)22-12-13(11-20-22)18(23)21-9-4-6-15(21)17-19-8-10-25-17/h2-3,5,7-8,10-12,15H,4,6,9H2,1H3. The lowest BCUT2D eigenvalue weighted by atomic mass is 10.2. The number of methoxy groups -OCH3 is 1. The van der Waals surface area contributed by atoms with E-state index in [1.54, 1.807) is 41.7 Å². The minimum absolute atomic E-state index is 0.00107. The molecule has 0 saturated carbocycles. The average Bonchev–Trinajstić information content (AvgIpc) is 3.41. The first kappa shape index (κ1) is 15.8. The van der Waals surface area contributed by atoms with Gasteiger partial charge in [-0.25, -0.2) is 9.67 Å². The SMILES string of the molecule is COc1ccccc1-n1cc(C(=O)N2CCCC2c2nccs2)cn1. The molecule has 1 aliphatic rings. The molecule has 2 aromatic heterocycles. The van der Waals surface area contributed by atoms with Crippen LogP contribution in [0.4, 0.5) is 0 Å². The van der Waals surface area contributed by atoms with Crippen LogP contribution < -0.4 is 4.74 Å². The Morgan fingerprint density at radius 3 is 3.04 bits per heavy atom. The molecule has 1 saturated heterocycles. The van der Waals surface area contributed by atoms with Crippen molar-refractivity contribution in [1.82, 2.24) is 19.7 Å². The number of ether oxygens (including phenoxy) is 1. The van der Waals surface area contributed by atoms with Crippen molar-refractivity contribution >= 4 is 17.2 Å². The van der Waals surface area contributed by atoms with Gasteiger partial charge >= 0.3 is 0 Å². The van der Waals surface area contributed by atoms with Gasteiger partial charge in [0.2, 0.25) is 0 Å². The first-order chi connectivity index (χ1) is 12.3. The lowest BCUT2D eigenvalue weighted by Gasteiger charge is -2.22. The third-order valence-electron chi connectivity index (χ3n) is 4.41. The Hall–Kier alpha value is -2.67. The van der Waals surface area contributed by atoms with E-state index in [1.807, 2.05) is 34.5 Å². The predicted octanol–water partition coefficient (Wildman–Crippen LogP) is 3.31. The number of amides is 1. The highest BCUT2D eigenvalue weighted by Gasteiger charge is 2.32. The number of rotatable bonds is 4. The summed E-state index contributed by atoms with van der Waals surface area (Å²) in [6.07, 6.45) is 7.13. The quantitative estimate of drug-likeness (QED) is 0.721. The van der Waals surface area contributed by atoms with Gasteiger partial charge in [-0.3, -0.25) is 4.79 Å². The Morgan fingerprint density at radius 2 is 2.24 bits per heavy atom. The molecule has 0 N–H and O–H groups in total. The van der Waals surface area contributed by atoms with Gasteiger partial charge < -0.3 is 9.64 Å². The molecule has 1 fully saturated rings. The zero-order valence-electron chi connectivity index (χ0n) is 13.8. The van der Waals surface area contributed by atoms with Crippen LogP contribution in [0.15, 0.2) is 48.2 Å². The highest BCUT2D eigenvalue weighted by atomic mass is 32.1. The molecule has 1 unspecified atom stereocenters. The number of hydrogen-bond acceptors (Lipinski definition) is 5. The van der Waals surface area contributed by atoms with E-state index in [1.165, 1.54) is 0 Å². The first-order valence-corrected chi connectivity index (χ1v) is 9.04. The normalized spacial score (nSPS) is 17.0. The maximum atomic E-state index is 13.0. The number of hydrogen-bond donors (Lipinski definition) is 0. The van der Waals surface area contributed by atoms with Crippen LogP contribution >= 0.6 is 11.3 Å². The molecule has 25 heavy (non-hydrogen) atoms. The Bertz CT molecular complexity index is 875. The third-order valence-corrected chi connectivity index (χ3v) is 5.29. The summed E-state index contributed by atoms with van der Waals surface area (Å²) in [6.45, 7) is 0.753. The van der Waals surface area contributed by atoms with Crippen molar-refractivity contribution in [3.05, 3.63) is 58.8 Å². The van der Waals surface area contributed by atoms with E-state index in [-0.39, 0.29) is 11.9 Å². The molecule has 128 valence electrons. The van der Waals surface area contributed by atoms with Crippen LogP contribution in [0.25, 0.3) is 5.69 Å². The summed E-state index contributed by atoms with van der Waals surface area (Å²) in [5.74, 6) is 0.713. The molecule has 0 bridgehead atoms. The minimum Gasteiger partial charge on any atom is -0.494 e. The van der Waals surface area contributed by atoms with Crippen LogP contribution in [0.2, 0.25) is 0 Å². The molecule has 3 aromatic rings. The van der Waals surface area contributed by atoms with Gasteiger partial charge in [-0.15, -0.1) is 11.3 Å². The number of thiazole rings is 1. The second kappa shape index (κ2) is 6.68. The van der Waals surface area contributed by atoms with E-state index < -0.39 is 0 Å². The van der Waals surface area contributed by atoms with Crippen molar-refractivity contribution in [2.24, 2.45) is 0 Å². The molecular formula is C18H18N4O2S. The molecule has 4 rings (SSSR count). The zero-order chi connectivity index (χ0) is 17.2. The molecular weight excluding hydrogens is 336 g/mol. The van der Waals surface area contributed by atoms with Crippen molar-refractivity contribution in [2.75, 3.05) is 13.7 Å². The lowest BCUT2D eigenvalue weighted by Crippen LogP contribution is -2.30. The number of carbonyl (C=O) groups is 1. The van der Waals surface area contributed by atoms with Gasteiger partial charge in [-0.2, -0.15) is 5.10 Å². The van der Waals surface area contributed by atoms with E-state index >= 15 is 0 Å². The maximum absolute atomic E-state index is 13.0. The fraction of sp³-hybridized carbons (Fsp3) is 0.278. The minimum atomic E-state index is -0.00107. The number of para-hydroxylation sites is 2. The predicted molar refractivity (Wildman–Crippen MR) is 95.2 cm³/mol. The van der Waals surface area contributed by atoms with Gasteiger partial charge in [-0.1, -0.05) is 12.1 Å². The molecule has 1 aromatic carbocycles. The Morgan fingerprint density at radius 1 is 1.36 bits per heavy atom. The summed E-state index contributed by atoms with van der Waals surface area (Å²) in [5, 5.41) is 7.31. The van der Waals surface area contributed by atoms with Crippen LogP contribution in [0.1, 0.15) is 34.2 Å². The average molecular weight is 354 g/mol. The maximum Gasteiger partial charge on any atom is 0.257 e. The highest BCUT2D eigenvalue weighted by Crippen LogP contribution is 2.34. The monoisotopic (exact) mass is 354 g/mol. The third kappa shape index (κ3) is 2.91. The Labute approximate surface area is 149 Å². The molecule has 0 radical (unpaired) electrons. The molecule has 0 aliphatic carbocycles. The second-order valence-corrected chi connectivity index (χ2v) is 6.80. The molecule has 7 heteroatoms. The van der Waals surface area contributed by atoms with E-state index in [9.17, 15) is 4.79 Å². The van der Waals surface area contributed by atoms with Crippen LogP contribution in [0.5, 0.6) is 5.75 Å². The molecule has 1 amide bonds. The fourth-order valence-corrected chi connectivity index (χ4v) is 4.00. The topological polar surface area (TPSA) is 60.2 Å². The summed E-state index contributed by atoms with van der Waals surface area (Å²) in [6, 6.07) is 7.68. The second-order valence-electron chi connectivity index (χ2n) is 5.87. The summed E-state index contributed by atoms with van der Waals surface area (Å²) >= 11 is 1.60. The van der Waals surface area contributed by atoms with Crippen molar-refractivity contribution in [2.45, 2.75) is 18.9 Å². The number of benzene rings is 1. The number of likely N-dealkylation sites (tertiary alicyclic amines) is 1. The van der Waals surface area contributed by atoms with Gasteiger partial charge in [0.1, 0.15) is 16.4 Å². The van der Waals surface area contributed by atoms with E-state index in [0.717, 1.165) is 30.1 Å². The number of carbonyl (C=O) groups excluding carboxylic acids is 1. The van der Waals surface area contributed by atoms with E-state index in [4.69, 9.17) is 4.74 Å². The van der Waals surface area contributed by atoms with Crippen LogP contribution in [0, 0.1) is 0 Å². The van der Waals surface area contributed by atoms with E-state index in [0.29, 0.717) is 11.3 Å². The summed E-state index contributed by atoms with van der Waals surface area (Å²) in [4.78, 5) is 19.3. The van der Waals surface area contributed by atoms with Crippen molar-refractivity contribution in [3.8, 4) is 11.4 Å². The van der Waals surface area contributed by atoms with Crippen molar-refractivity contribution in [1.29, 1.82) is 0 Å². The Balaban J connectivity index is 1.60. The summed E-state index contributed by atoms with van der Waals surface area (Å²) < 4.78 is 7.05. The number of aromatic nitrogens is 3. The summed E-state index contributed by atoms with van der Waals surface area (Å²) in [7, 11) is 1.62. The molecule has 6 nitrogen and oxygen atoms in total. The smallest absolute Gasteiger partial charge is 0.257 e. The number of nitrogens with zero attached hydrogens (tertiary/aromatic N) is 4. The van der Waals surface area contributed by atoms with Crippen LogP contribution in [0.3, 0.4) is 0 Å². The highest BCUT2D eigenvalue weighted by molar-refractivity contribution is 7.09. The fourth-order valence-electron chi connectivity index (χ4n) is 3.22. The van der Waals surface area contributed by atoms with Crippen molar-refractivity contribution in [3.63, 3.8) is 0 Å². The van der Waals surface area contributed by atoms with Gasteiger partial charge in [0.25, 0.3) is 5.91 Å². The van der Waals surface area contributed by atoms with Gasteiger partial charge in [-0.05, 0) is 25.0 Å². The molecule has 1 atom stereocenters. The van der Waals surface area contributed by atoms with E-state index in [2.05, 4.69) is 10.1 Å².